The molecule has 0 aromatic carbocycles. The molecule has 0 aromatic rings. The lowest BCUT2D eigenvalue weighted by Gasteiger charge is -2.28. The predicted octanol–water partition coefficient (Wildman–Crippen LogP) is 2.90. The van der Waals surface area contributed by atoms with Gasteiger partial charge in [-0.05, 0) is 41.5 Å². The van der Waals surface area contributed by atoms with Crippen molar-refractivity contribution in [2.75, 3.05) is 85.8 Å². The molecular weight excluding hydrogens is 518 g/mol. The van der Waals surface area contributed by atoms with E-state index < -0.39 is 29.4 Å². The van der Waals surface area contributed by atoms with Gasteiger partial charge < -0.3 is 43.0 Å². The Balaban J connectivity index is 3.71. The van der Waals surface area contributed by atoms with Gasteiger partial charge in [-0.15, -0.1) is 0 Å². The summed E-state index contributed by atoms with van der Waals surface area (Å²) in [6, 6.07) is 0. The summed E-state index contributed by atoms with van der Waals surface area (Å²) in [6.45, 7) is 14.5. The van der Waals surface area contributed by atoms with E-state index in [1.54, 1.807) is 41.5 Å². The molecule has 0 unspecified atom stereocenters. The Labute approximate surface area is 231 Å². The normalized spacial score (nSPS) is 12.1. The van der Waals surface area contributed by atoms with E-state index in [0.717, 1.165) is 11.0 Å². The summed E-state index contributed by atoms with van der Waals surface area (Å²) in [5.74, 6) is -1.01. The highest BCUT2D eigenvalue weighted by molar-refractivity contribution is 5.88. The fourth-order valence-electron chi connectivity index (χ4n) is 2.45. The van der Waals surface area contributed by atoms with Crippen molar-refractivity contribution in [3.05, 3.63) is 12.2 Å². The Morgan fingerprint density at radius 1 is 0.590 bits per heavy atom. The first-order valence-electron chi connectivity index (χ1n) is 12.9. The smallest absolute Gasteiger partial charge is 0.419 e. The van der Waals surface area contributed by atoms with Crippen LogP contribution in [0.1, 0.15) is 41.5 Å². The van der Waals surface area contributed by atoms with Crippen LogP contribution in [0.15, 0.2) is 12.2 Å². The van der Waals surface area contributed by atoms with E-state index in [2.05, 4.69) is 0 Å². The summed E-state index contributed by atoms with van der Waals surface area (Å²) in [5.41, 5.74) is -1.51. The molecule has 0 atom stereocenters. The van der Waals surface area contributed by atoms with Gasteiger partial charge in [-0.2, -0.15) is 0 Å². The van der Waals surface area contributed by atoms with Crippen LogP contribution in [0.2, 0.25) is 0 Å². The number of hydrogen-bond acceptors (Lipinski definition) is 11. The number of hydrogen-bond donors (Lipinski definition) is 1. The van der Waals surface area contributed by atoms with Gasteiger partial charge in [-0.1, -0.05) is 6.08 Å². The molecule has 0 radical (unpaired) electrons. The largest absolute Gasteiger partial charge is 0.478 e. The number of ether oxygens (including phenoxy) is 8. The van der Waals surface area contributed by atoms with Crippen LogP contribution in [0.4, 0.5) is 9.59 Å². The van der Waals surface area contributed by atoms with Crippen molar-refractivity contribution in [3.8, 4) is 0 Å². The molecule has 0 fully saturated rings. The van der Waals surface area contributed by atoms with Gasteiger partial charge in [0.15, 0.2) is 0 Å². The minimum absolute atomic E-state index is 0.0159. The summed E-state index contributed by atoms with van der Waals surface area (Å²) < 4.78 is 42.8. The number of amides is 2. The number of rotatable bonds is 21. The van der Waals surface area contributed by atoms with E-state index in [-0.39, 0.29) is 26.4 Å². The van der Waals surface area contributed by atoms with Crippen molar-refractivity contribution < 1.29 is 57.4 Å². The molecule has 13 heteroatoms. The lowest BCUT2D eigenvalue weighted by Crippen LogP contribution is -2.45. The molecule has 0 spiro atoms. The van der Waals surface area contributed by atoms with E-state index >= 15 is 0 Å². The van der Waals surface area contributed by atoms with Gasteiger partial charge in [0.25, 0.3) is 0 Å². The third-order valence-electron chi connectivity index (χ3n) is 4.02. The van der Waals surface area contributed by atoms with Gasteiger partial charge in [0.05, 0.1) is 85.8 Å². The minimum Gasteiger partial charge on any atom is -0.478 e. The zero-order valence-electron chi connectivity index (χ0n) is 24.2. The molecule has 0 saturated carbocycles. The zero-order valence-corrected chi connectivity index (χ0v) is 24.2. The highest BCUT2D eigenvalue weighted by atomic mass is 16.6. The third-order valence-corrected chi connectivity index (χ3v) is 4.02. The molecule has 0 saturated heterocycles. The van der Waals surface area contributed by atoms with Crippen molar-refractivity contribution >= 4 is 18.2 Å². The molecule has 2 amide bonds. The quantitative estimate of drug-likeness (QED) is 0.161. The highest BCUT2D eigenvalue weighted by Crippen LogP contribution is 2.14. The molecular formula is C26H47NO12. The first-order chi connectivity index (χ1) is 18.3. The van der Waals surface area contributed by atoms with Crippen LogP contribution in [-0.4, -0.2) is 125 Å². The van der Waals surface area contributed by atoms with E-state index in [4.69, 9.17) is 43.0 Å². The van der Waals surface area contributed by atoms with Crippen molar-refractivity contribution in [2.45, 2.75) is 52.7 Å². The second-order valence-corrected chi connectivity index (χ2v) is 9.99. The Morgan fingerprint density at radius 2 is 0.923 bits per heavy atom. The van der Waals surface area contributed by atoms with Gasteiger partial charge in [0, 0.05) is 6.08 Å². The molecule has 0 heterocycles. The number of carboxylic acid groups (broad SMARTS) is 1. The second kappa shape index (κ2) is 21.5. The molecule has 0 rings (SSSR count). The number of nitrogens with zero attached hydrogens (tertiary/aromatic N) is 1. The SMILES string of the molecule is CC(C)(C)OC(=O)N(CCOCCOCCOCCOCCOCCOCC=CC(=O)O)C(=O)OC(C)(C)C. The highest BCUT2D eigenvalue weighted by Gasteiger charge is 2.30. The van der Waals surface area contributed by atoms with Crippen LogP contribution in [0, 0.1) is 0 Å². The molecule has 0 aromatic heterocycles. The summed E-state index contributed by atoms with van der Waals surface area (Å²) in [6.07, 6.45) is 0.864. The topological polar surface area (TPSA) is 149 Å². The Morgan fingerprint density at radius 3 is 1.26 bits per heavy atom. The molecule has 0 bridgehead atoms. The van der Waals surface area contributed by atoms with Crippen LogP contribution in [0.3, 0.4) is 0 Å². The van der Waals surface area contributed by atoms with Crippen molar-refractivity contribution in [3.63, 3.8) is 0 Å². The molecule has 0 aliphatic rings. The van der Waals surface area contributed by atoms with Crippen LogP contribution in [-0.2, 0) is 42.7 Å². The van der Waals surface area contributed by atoms with Crippen LogP contribution in [0.5, 0.6) is 0 Å². The average Bonchev–Trinajstić information content (AvgIpc) is 2.79. The summed E-state index contributed by atoms with van der Waals surface area (Å²) in [5, 5.41) is 8.43. The van der Waals surface area contributed by atoms with Crippen LogP contribution < -0.4 is 0 Å². The number of imide groups is 1. The van der Waals surface area contributed by atoms with E-state index in [1.165, 1.54) is 6.08 Å². The maximum Gasteiger partial charge on any atom is 0.419 e. The number of aliphatic carboxylic acids is 1. The van der Waals surface area contributed by atoms with Gasteiger partial charge >= 0.3 is 18.2 Å². The maximum absolute atomic E-state index is 12.4. The molecule has 13 nitrogen and oxygen atoms in total. The van der Waals surface area contributed by atoms with E-state index in [0.29, 0.717) is 59.5 Å². The maximum atomic E-state index is 12.4. The van der Waals surface area contributed by atoms with Crippen LogP contribution in [0.25, 0.3) is 0 Å². The van der Waals surface area contributed by atoms with Gasteiger partial charge in [0.1, 0.15) is 11.2 Å². The Kier molecular flexibility index (Phi) is 20.3. The third kappa shape index (κ3) is 25.7. The zero-order chi connectivity index (χ0) is 29.6. The average molecular weight is 566 g/mol. The summed E-state index contributed by atoms with van der Waals surface area (Å²) in [7, 11) is 0. The molecule has 228 valence electrons. The fraction of sp³-hybridized carbons (Fsp3) is 0.808. The Hall–Kier alpha value is -2.29. The lowest BCUT2D eigenvalue weighted by atomic mass is 10.2. The van der Waals surface area contributed by atoms with Gasteiger partial charge in [0.2, 0.25) is 0 Å². The van der Waals surface area contributed by atoms with Crippen LogP contribution >= 0.6 is 0 Å². The Bertz CT molecular complexity index is 672. The fourth-order valence-corrected chi connectivity index (χ4v) is 2.45. The molecule has 0 aliphatic carbocycles. The number of carbonyl (C=O) groups excluding carboxylic acids is 2. The van der Waals surface area contributed by atoms with Crippen molar-refractivity contribution in [2.24, 2.45) is 0 Å². The van der Waals surface area contributed by atoms with E-state index in [1.807, 2.05) is 0 Å². The first kappa shape index (κ1) is 36.7. The van der Waals surface area contributed by atoms with Crippen molar-refractivity contribution in [1.82, 2.24) is 4.90 Å². The lowest BCUT2D eigenvalue weighted by molar-refractivity contribution is -0.131. The number of carbonyl (C=O) groups is 3. The predicted molar refractivity (Wildman–Crippen MR) is 141 cm³/mol. The first-order valence-corrected chi connectivity index (χ1v) is 12.9. The van der Waals surface area contributed by atoms with Crippen molar-refractivity contribution in [1.29, 1.82) is 0 Å². The number of carboxylic acids is 1. The van der Waals surface area contributed by atoms with Gasteiger partial charge in [-0.25, -0.2) is 19.3 Å². The minimum atomic E-state index is -1.01. The van der Waals surface area contributed by atoms with E-state index in [9.17, 15) is 14.4 Å². The molecule has 0 aliphatic heterocycles. The summed E-state index contributed by atoms with van der Waals surface area (Å²) in [4.78, 5) is 36.0. The molecule has 39 heavy (non-hydrogen) atoms. The monoisotopic (exact) mass is 565 g/mol. The molecule has 1 N–H and O–H groups in total. The van der Waals surface area contributed by atoms with Gasteiger partial charge in [-0.3, -0.25) is 0 Å². The second-order valence-electron chi connectivity index (χ2n) is 9.99. The standard InChI is InChI=1S/C26H47NO12/c1-25(2,3)38-23(30)27(24(31)39-26(4,5)6)9-11-33-13-15-35-17-19-37-21-20-36-18-16-34-14-12-32-10-7-8-22(28)29/h7-8H,9-21H2,1-6H3,(H,28,29). The summed E-state index contributed by atoms with van der Waals surface area (Å²) >= 11 is 0.